The molecule has 0 unspecified atom stereocenters. The summed E-state index contributed by atoms with van der Waals surface area (Å²) in [6.07, 6.45) is -0.760. The van der Waals surface area contributed by atoms with Crippen LogP contribution in [0.5, 0.6) is 0 Å². The van der Waals surface area contributed by atoms with Gasteiger partial charge in [0.25, 0.3) is 0 Å². The average Bonchev–Trinajstić information content (AvgIpc) is 3.13. The molecule has 1 radical (unpaired) electrons. The molecule has 0 bridgehead atoms. The lowest BCUT2D eigenvalue weighted by Crippen LogP contribution is -2.08. The predicted octanol–water partition coefficient (Wildman–Crippen LogP) is 3.44. The maximum Gasteiger partial charge on any atom is 0.416 e. The lowest BCUT2D eigenvalue weighted by atomic mass is 10.0. The van der Waals surface area contributed by atoms with Crippen LogP contribution >= 0.6 is 0 Å². The van der Waals surface area contributed by atoms with Crippen molar-refractivity contribution in [3.05, 3.63) is 35.7 Å². The smallest absolute Gasteiger partial charge is 0.360 e. The molecule has 4 nitrogen and oxygen atoms in total. The highest BCUT2D eigenvalue weighted by Gasteiger charge is 2.34. The second kappa shape index (κ2) is 4.84. The lowest BCUT2D eigenvalue weighted by molar-refractivity contribution is -0.137. The van der Waals surface area contributed by atoms with Crippen molar-refractivity contribution in [3.63, 3.8) is 0 Å². The lowest BCUT2D eigenvalue weighted by Gasteiger charge is -2.11. The maximum atomic E-state index is 13.0. The quantitative estimate of drug-likeness (QED) is 0.865. The molecular formula is C14H11F3NO3S. The molecule has 22 heavy (non-hydrogen) atoms. The van der Waals surface area contributed by atoms with Gasteiger partial charge in [-0.2, -0.15) is 13.2 Å². The zero-order valence-corrected chi connectivity index (χ0v) is 12.3. The van der Waals surface area contributed by atoms with E-state index in [9.17, 15) is 21.6 Å². The van der Waals surface area contributed by atoms with Gasteiger partial charge in [-0.1, -0.05) is 5.16 Å². The molecule has 0 saturated heterocycles. The Bertz CT molecular complexity index is 820. The number of hydrogen-bond donors (Lipinski definition) is 0. The molecule has 0 atom stereocenters. The third kappa shape index (κ3) is 2.87. The molecule has 0 amide bonds. The van der Waals surface area contributed by atoms with E-state index in [1.54, 1.807) is 0 Å². The van der Waals surface area contributed by atoms with Gasteiger partial charge in [-0.3, -0.25) is 0 Å². The standard InChI is InChI=1S/C14H11F3NO3S/c1-22(19,20)11-5-9(4-10(6-11)14(15,16)17)12-7-18-21-13(12)8-2-3-8/h4,6-8H,2-3H2,1H3. The molecule has 117 valence electrons. The van der Waals surface area contributed by atoms with Gasteiger partial charge in [0.2, 0.25) is 0 Å². The van der Waals surface area contributed by atoms with Crippen LogP contribution in [0.3, 0.4) is 0 Å². The molecule has 1 aromatic heterocycles. The minimum atomic E-state index is -4.65. The van der Waals surface area contributed by atoms with Crippen molar-refractivity contribution in [2.24, 2.45) is 0 Å². The molecule has 8 heteroatoms. The molecule has 0 N–H and O–H groups in total. The number of alkyl halides is 3. The van der Waals surface area contributed by atoms with Gasteiger partial charge in [-0.25, -0.2) is 8.42 Å². The number of halogens is 3. The predicted molar refractivity (Wildman–Crippen MR) is 70.9 cm³/mol. The largest absolute Gasteiger partial charge is 0.416 e. The Morgan fingerprint density at radius 2 is 2.00 bits per heavy atom. The van der Waals surface area contributed by atoms with Crippen molar-refractivity contribution < 1.29 is 26.1 Å². The fraction of sp³-hybridized carbons (Fsp3) is 0.357. The number of hydrogen-bond acceptors (Lipinski definition) is 4. The normalized spacial score (nSPS) is 16.0. The van der Waals surface area contributed by atoms with E-state index >= 15 is 0 Å². The van der Waals surface area contributed by atoms with Crippen molar-refractivity contribution in [1.29, 1.82) is 0 Å². The Hall–Kier alpha value is -1.83. The van der Waals surface area contributed by atoms with E-state index in [0.29, 0.717) is 17.4 Å². The molecule has 1 aliphatic rings. The number of aromatic nitrogens is 1. The minimum Gasteiger partial charge on any atom is -0.360 e. The van der Waals surface area contributed by atoms with Crippen molar-refractivity contribution in [2.75, 3.05) is 6.26 Å². The molecule has 1 fully saturated rings. The van der Waals surface area contributed by atoms with Crippen LogP contribution in [0.2, 0.25) is 0 Å². The zero-order chi connectivity index (χ0) is 16.1. The van der Waals surface area contributed by atoms with Crippen LogP contribution in [-0.2, 0) is 16.0 Å². The first-order chi connectivity index (χ1) is 10.2. The first kappa shape index (κ1) is 15.1. The SMILES string of the molecule is CS(=O)(=O)c1[c]c(-c2cnoc2C2CC2)cc(C(F)(F)F)c1. The van der Waals surface area contributed by atoms with Gasteiger partial charge in [0.1, 0.15) is 5.76 Å². The summed E-state index contributed by atoms with van der Waals surface area (Å²) in [4.78, 5) is -0.500. The maximum absolute atomic E-state index is 13.0. The van der Waals surface area contributed by atoms with Crippen LogP contribution in [0.1, 0.15) is 30.1 Å². The molecule has 1 saturated carbocycles. The fourth-order valence-corrected chi connectivity index (χ4v) is 2.78. The van der Waals surface area contributed by atoms with Crippen LogP contribution in [-0.4, -0.2) is 19.8 Å². The number of sulfone groups is 1. The van der Waals surface area contributed by atoms with Crippen molar-refractivity contribution in [3.8, 4) is 11.1 Å². The van der Waals surface area contributed by atoms with E-state index in [4.69, 9.17) is 4.52 Å². The average molecular weight is 330 g/mol. The van der Waals surface area contributed by atoms with E-state index in [0.717, 1.165) is 25.2 Å². The Labute approximate surface area is 124 Å². The van der Waals surface area contributed by atoms with Gasteiger partial charge in [0.05, 0.1) is 16.7 Å². The van der Waals surface area contributed by atoms with Gasteiger partial charge in [0, 0.05) is 23.8 Å². The Morgan fingerprint density at radius 1 is 1.32 bits per heavy atom. The number of nitrogens with zero attached hydrogens (tertiary/aromatic N) is 1. The molecule has 0 aliphatic heterocycles. The summed E-state index contributed by atoms with van der Waals surface area (Å²) in [6, 6.07) is 3.99. The topological polar surface area (TPSA) is 60.2 Å². The van der Waals surface area contributed by atoms with Gasteiger partial charge >= 0.3 is 6.18 Å². The summed E-state index contributed by atoms with van der Waals surface area (Å²) in [6.45, 7) is 0. The summed E-state index contributed by atoms with van der Waals surface area (Å²) in [5.74, 6) is 0.608. The third-order valence-electron chi connectivity index (χ3n) is 3.41. The van der Waals surface area contributed by atoms with Crippen LogP contribution in [0.15, 0.2) is 27.7 Å². The summed E-state index contributed by atoms with van der Waals surface area (Å²) >= 11 is 0. The third-order valence-corrected chi connectivity index (χ3v) is 4.43. The van der Waals surface area contributed by atoms with Gasteiger partial charge in [0.15, 0.2) is 9.84 Å². The highest BCUT2D eigenvalue weighted by Crippen LogP contribution is 2.45. The van der Waals surface area contributed by atoms with E-state index in [-0.39, 0.29) is 11.5 Å². The summed E-state index contributed by atoms with van der Waals surface area (Å²) < 4.78 is 67.4. The molecule has 3 rings (SSSR count). The molecule has 0 spiro atoms. The Morgan fingerprint density at radius 3 is 2.55 bits per heavy atom. The molecule has 2 aromatic rings. The van der Waals surface area contributed by atoms with Crippen LogP contribution in [0.25, 0.3) is 11.1 Å². The van der Waals surface area contributed by atoms with Crippen molar-refractivity contribution in [2.45, 2.75) is 29.8 Å². The van der Waals surface area contributed by atoms with E-state index in [1.807, 2.05) is 0 Å². The summed E-state index contributed by atoms with van der Waals surface area (Å²) in [7, 11) is -3.82. The molecule has 1 aromatic carbocycles. The van der Waals surface area contributed by atoms with Gasteiger partial charge in [-0.15, -0.1) is 0 Å². The number of benzene rings is 1. The van der Waals surface area contributed by atoms with Crippen LogP contribution < -0.4 is 0 Å². The first-order valence-corrected chi connectivity index (χ1v) is 8.35. The summed E-state index contributed by atoms with van der Waals surface area (Å²) in [5.41, 5.74) is -0.651. The van der Waals surface area contributed by atoms with E-state index < -0.39 is 26.5 Å². The van der Waals surface area contributed by atoms with Crippen molar-refractivity contribution in [1.82, 2.24) is 5.16 Å². The number of rotatable bonds is 3. The van der Waals surface area contributed by atoms with E-state index in [2.05, 4.69) is 11.2 Å². The molecular weight excluding hydrogens is 319 g/mol. The van der Waals surface area contributed by atoms with Crippen LogP contribution in [0, 0.1) is 6.07 Å². The second-order valence-corrected chi connectivity index (χ2v) is 7.28. The highest BCUT2D eigenvalue weighted by atomic mass is 32.2. The monoisotopic (exact) mass is 330 g/mol. The minimum absolute atomic E-state index is 0.0263. The second-order valence-electron chi connectivity index (χ2n) is 5.29. The Balaban J connectivity index is 2.20. The van der Waals surface area contributed by atoms with E-state index in [1.165, 1.54) is 6.20 Å². The fourth-order valence-electron chi connectivity index (χ4n) is 2.14. The first-order valence-electron chi connectivity index (χ1n) is 6.46. The molecule has 1 heterocycles. The summed E-state index contributed by atoms with van der Waals surface area (Å²) in [5, 5.41) is 3.62. The van der Waals surface area contributed by atoms with Gasteiger partial charge in [-0.05, 0) is 30.5 Å². The molecule has 1 aliphatic carbocycles. The van der Waals surface area contributed by atoms with Crippen LogP contribution in [0.4, 0.5) is 13.2 Å². The highest BCUT2D eigenvalue weighted by molar-refractivity contribution is 7.90. The van der Waals surface area contributed by atoms with Crippen molar-refractivity contribution >= 4 is 9.84 Å². The van der Waals surface area contributed by atoms with Gasteiger partial charge < -0.3 is 4.52 Å². The Kier molecular flexibility index (Phi) is 3.32. The zero-order valence-electron chi connectivity index (χ0n) is 11.4.